The molecule has 2 N–H and O–H groups in total. The first-order valence-corrected chi connectivity index (χ1v) is 5.61. The fraction of sp³-hybridized carbons (Fsp3) is 0.231. The lowest BCUT2D eigenvalue weighted by Crippen LogP contribution is -2.03. The first-order valence-electron chi connectivity index (χ1n) is 5.61. The van der Waals surface area contributed by atoms with E-state index in [-0.39, 0.29) is 11.7 Å². The summed E-state index contributed by atoms with van der Waals surface area (Å²) in [6, 6.07) is 6.59. The van der Waals surface area contributed by atoms with E-state index in [9.17, 15) is 4.39 Å². The topological polar surface area (TPSA) is 51.8 Å². The van der Waals surface area contributed by atoms with Gasteiger partial charge in [-0.15, -0.1) is 0 Å². The SMILES string of the molecule is Nc1ncc2c(n1)C(c1ccc(F)cc1)CC2. The average Bonchev–Trinajstić information content (AvgIpc) is 2.73. The van der Waals surface area contributed by atoms with Crippen molar-refractivity contribution in [3.8, 4) is 0 Å². The summed E-state index contributed by atoms with van der Waals surface area (Å²) >= 11 is 0. The highest BCUT2D eigenvalue weighted by Gasteiger charge is 2.26. The quantitative estimate of drug-likeness (QED) is 0.816. The molecular weight excluding hydrogens is 217 g/mol. The van der Waals surface area contributed by atoms with E-state index in [1.54, 1.807) is 6.20 Å². The number of anilines is 1. The maximum absolute atomic E-state index is 12.9. The van der Waals surface area contributed by atoms with Crippen molar-refractivity contribution in [2.75, 3.05) is 5.73 Å². The third-order valence-electron chi connectivity index (χ3n) is 3.22. The number of benzene rings is 1. The van der Waals surface area contributed by atoms with E-state index in [0.717, 1.165) is 29.7 Å². The molecule has 1 unspecified atom stereocenters. The summed E-state index contributed by atoms with van der Waals surface area (Å²) in [6.07, 6.45) is 3.73. The van der Waals surface area contributed by atoms with Gasteiger partial charge in [0.25, 0.3) is 0 Å². The second-order valence-corrected chi connectivity index (χ2v) is 4.28. The van der Waals surface area contributed by atoms with E-state index in [4.69, 9.17) is 5.73 Å². The molecule has 1 atom stereocenters. The molecule has 1 heterocycles. The fourth-order valence-electron chi connectivity index (χ4n) is 2.38. The molecule has 1 aromatic heterocycles. The number of fused-ring (bicyclic) bond motifs is 1. The van der Waals surface area contributed by atoms with Gasteiger partial charge in [-0.2, -0.15) is 0 Å². The van der Waals surface area contributed by atoms with Crippen molar-refractivity contribution >= 4 is 5.95 Å². The zero-order valence-corrected chi connectivity index (χ0v) is 9.23. The summed E-state index contributed by atoms with van der Waals surface area (Å²) in [4.78, 5) is 8.31. The van der Waals surface area contributed by atoms with Crippen LogP contribution in [-0.4, -0.2) is 9.97 Å². The lowest BCUT2D eigenvalue weighted by Gasteiger charge is -2.11. The molecule has 0 radical (unpaired) electrons. The van der Waals surface area contributed by atoms with E-state index in [2.05, 4.69) is 9.97 Å². The Morgan fingerprint density at radius 1 is 1.24 bits per heavy atom. The first kappa shape index (κ1) is 10.2. The van der Waals surface area contributed by atoms with Crippen LogP contribution in [-0.2, 0) is 6.42 Å². The van der Waals surface area contributed by atoms with Crippen LogP contribution in [0.25, 0.3) is 0 Å². The molecule has 0 fully saturated rings. The minimum absolute atomic E-state index is 0.214. The van der Waals surface area contributed by atoms with Crippen molar-refractivity contribution in [3.63, 3.8) is 0 Å². The molecule has 3 nitrogen and oxygen atoms in total. The normalized spacial score (nSPS) is 18.1. The van der Waals surface area contributed by atoms with Crippen LogP contribution in [0.2, 0.25) is 0 Å². The maximum atomic E-state index is 12.9. The Morgan fingerprint density at radius 2 is 2.00 bits per heavy atom. The highest BCUT2D eigenvalue weighted by Crippen LogP contribution is 2.36. The summed E-state index contributed by atoms with van der Waals surface area (Å²) in [7, 11) is 0. The van der Waals surface area contributed by atoms with E-state index < -0.39 is 0 Å². The Kier molecular flexibility index (Phi) is 2.28. The molecule has 0 bridgehead atoms. The highest BCUT2D eigenvalue weighted by atomic mass is 19.1. The van der Waals surface area contributed by atoms with Gasteiger partial charge in [0.2, 0.25) is 5.95 Å². The zero-order chi connectivity index (χ0) is 11.8. The lowest BCUT2D eigenvalue weighted by atomic mass is 9.97. The number of aromatic nitrogens is 2. The molecule has 0 spiro atoms. The van der Waals surface area contributed by atoms with Crippen molar-refractivity contribution < 1.29 is 4.39 Å². The number of halogens is 1. The van der Waals surface area contributed by atoms with Crippen LogP contribution in [0.15, 0.2) is 30.5 Å². The number of hydrogen-bond acceptors (Lipinski definition) is 3. The van der Waals surface area contributed by atoms with Gasteiger partial charge in [-0.1, -0.05) is 12.1 Å². The Balaban J connectivity index is 2.03. The van der Waals surface area contributed by atoms with Gasteiger partial charge in [-0.3, -0.25) is 0 Å². The smallest absolute Gasteiger partial charge is 0.220 e. The van der Waals surface area contributed by atoms with Crippen LogP contribution in [0.5, 0.6) is 0 Å². The monoisotopic (exact) mass is 229 g/mol. The van der Waals surface area contributed by atoms with Crippen LogP contribution in [0.3, 0.4) is 0 Å². The van der Waals surface area contributed by atoms with E-state index in [1.807, 2.05) is 12.1 Å². The number of nitrogens with zero attached hydrogens (tertiary/aromatic N) is 2. The molecule has 0 aliphatic heterocycles. The minimum Gasteiger partial charge on any atom is -0.368 e. The highest BCUT2D eigenvalue weighted by molar-refractivity contribution is 5.39. The molecule has 17 heavy (non-hydrogen) atoms. The van der Waals surface area contributed by atoms with E-state index in [0.29, 0.717) is 5.95 Å². The molecule has 2 aromatic rings. The largest absolute Gasteiger partial charge is 0.368 e. The third-order valence-corrected chi connectivity index (χ3v) is 3.22. The van der Waals surface area contributed by atoms with Gasteiger partial charge in [0.1, 0.15) is 5.82 Å². The van der Waals surface area contributed by atoms with Gasteiger partial charge >= 0.3 is 0 Å². The number of nitrogens with two attached hydrogens (primary N) is 1. The number of hydrogen-bond donors (Lipinski definition) is 1. The second-order valence-electron chi connectivity index (χ2n) is 4.28. The first-order chi connectivity index (χ1) is 8.24. The third kappa shape index (κ3) is 1.75. The van der Waals surface area contributed by atoms with Crippen molar-refractivity contribution in [1.82, 2.24) is 9.97 Å². The summed E-state index contributed by atoms with van der Waals surface area (Å²) in [5, 5.41) is 0. The molecule has 1 aliphatic carbocycles. The summed E-state index contributed by atoms with van der Waals surface area (Å²) in [6.45, 7) is 0. The Morgan fingerprint density at radius 3 is 2.76 bits per heavy atom. The molecule has 4 heteroatoms. The lowest BCUT2D eigenvalue weighted by molar-refractivity contribution is 0.625. The average molecular weight is 229 g/mol. The van der Waals surface area contributed by atoms with Gasteiger partial charge in [0.05, 0.1) is 5.69 Å². The molecular formula is C13H12FN3. The summed E-state index contributed by atoms with van der Waals surface area (Å²) < 4.78 is 12.9. The van der Waals surface area contributed by atoms with Crippen LogP contribution < -0.4 is 5.73 Å². The zero-order valence-electron chi connectivity index (χ0n) is 9.23. The van der Waals surface area contributed by atoms with Crippen molar-refractivity contribution in [1.29, 1.82) is 0 Å². The van der Waals surface area contributed by atoms with Gasteiger partial charge in [0, 0.05) is 12.1 Å². The predicted octanol–water partition coefficient (Wildman–Crippen LogP) is 2.28. The molecule has 0 saturated heterocycles. The standard InChI is InChI=1S/C13H12FN3/c14-10-4-1-8(2-5-10)11-6-3-9-7-16-13(15)17-12(9)11/h1-2,4-5,7,11H,3,6H2,(H2,15,16,17). The van der Waals surface area contributed by atoms with Crippen LogP contribution in [0.1, 0.15) is 29.2 Å². The van der Waals surface area contributed by atoms with Gasteiger partial charge in [-0.25, -0.2) is 14.4 Å². The maximum Gasteiger partial charge on any atom is 0.220 e. The minimum atomic E-state index is -0.214. The molecule has 0 amide bonds. The van der Waals surface area contributed by atoms with Crippen LogP contribution >= 0.6 is 0 Å². The fourth-order valence-corrected chi connectivity index (χ4v) is 2.38. The van der Waals surface area contributed by atoms with Gasteiger partial charge in [-0.05, 0) is 36.1 Å². The Hall–Kier alpha value is -1.97. The number of rotatable bonds is 1. The molecule has 86 valence electrons. The number of aryl methyl sites for hydroxylation is 1. The van der Waals surface area contributed by atoms with E-state index in [1.165, 1.54) is 12.1 Å². The molecule has 0 saturated carbocycles. The van der Waals surface area contributed by atoms with Crippen molar-refractivity contribution in [3.05, 3.63) is 53.1 Å². The number of nitrogen functional groups attached to an aromatic ring is 1. The molecule has 1 aliphatic rings. The van der Waals surface area contributed by atoms with Gasteiger partial charge in [0.15, 0.2) is 0 Å². The predicted molar refractivity (Wildman–Crippen MR) is 63.0 cm³/mol. The van der Waals surface area contributed by atoms with Crippen LogP contribution in [0.4, 0.5) is 10.3 Å². The molecule has 3 rings (SSSR count). The van der Waals surface area contributed by atoms with Crippen LogP contribution in [0, 0.1) is 5.82 Å². The molecule has 1 aromatic carbocycles. The van der Waals surface area contributed by atoms with Gasteiger partial charge < -0.3 is 5.73 Å². The van der Waals surface area contributed by atoms with Crippen molar-refractivity contribution in [2.24, 2.45) is 0 Å². The Bertz CT molecular complexity index is 551. The summed E-state index contributed by atoms with van der Waals surface area (Å²) in [5.74, 6) is 0.308. The Labute approximate surface area is 98.5 Å². The summed E-state index contributed by atoms with van der Waals surface area (Å²) in [5.41, 5.74) is 8.84. The second kappa shape index (κ2) is 3.80. The van der Waals surface area contributed by atoms with E-state index >= 15 is 0 Å². The van der Waals surface area contributed by atoms with Crippen molar-refractivity contribution in [2.45, 2.75) is 18.8 Å².